The van der Waals surface area contributed by atoms with Crippen LogP contribution in [0.2, 0.25) is 5.02 Å². The lowest BCUT2D eigenvalue weighted by molar-refractivity contribution is -0.116. The Labute approximate surface area is 163 Å². The number of aryl methyl sites for hydroxylation is 1. The van der Waals surface area contributed by atoms with Crippen LogP contribution in [-0.2, 0) is 16.6 Å². The first-order chi connectivity index (χ1) is 12.6. The van der Waals surface area contributed by atoms with Crippen LogP contribution in [0.4, 0.5) is 5.69 Å². The van der Waals surface area contributed by atoms with Crippen molar-refractivity contribution in [1.29, 1.82) is 0 Å². The van der Waals surface area contributed by atoms with Gasteiger partial charge in [-0.25, -0.2) is 0 Å². The van der Waals surface area contributed by atoms with E-state index in [2.05, 4.69) is 20.8 Å². The van der Waals surface area contributed by atoms with Gasteiger partial charge in [0.05, 0.1) is 11.3 Å². The zero-order valence-corrected chi connectivity index (χ0v) is 17.0. The highest BCUT2D eigenvalue weighted by Gasteiger charge is 2.21. The monoisotopic (exact) mass is 392 g/mol. The number of hydrogen-bond acceptors (Lipinski definition) is 5. The standard InChI is InChI=1S/C19H25ClN4O3/c1-11(2)21-17(26)13-7-6-12(20)10-14(13)22-15(25)8-9-16-23-18(24-27-16)19(3,4)5/h6-7,10-11H,8-9H2,1-5H3,(H,21,26)(H,22,25). The smallest absolute Gasteiger partial charge is 0.253 e. The summed E-state index contributed by atoms with van der Waals surface area (Å²) < 4.78 is 5.19. The Morgan fingerprint density at radius 3 is 2.56 bits per heavy atom. The van der Waals surface area contributed by atoms with Gasteiger partial charge in [-0.3, -0.25) is 9.59 Å². The van der Waals surface area contributed by atoms with Gasteiger partial charge in [0.15, 0.2) is 5.82 Å². The highest BCUT2D eigenvalue weighted by molar-refractivity contribution is 6.31. The maximum absolute atomic E-state index is 12.3. The molecule has 0 saturated carbocycles. The molecule has 1 aromatic heterocycles. The summed E-state index contributed by atoms with van der Waals surface area (Å²) in [4.78, 5) is 28.9. The fourth-order valence-corrected chi connectivity index (χ4v) is 2.42. The maximum atomic E-state index is 12.3. The van der Waals surface area contributed by atoms with Crippen LogP contribution >= 0.6 is 11.6 Å². The van der Waals surface area contributed by atoms with E-state index in [0.717, 1.165) is 0 Å². The average molecular weight is 393 g/mol. The summed E-state index contributed by atoms with van der Waals surface area (Å²) >= 11 is 6.01. The van der Waals surface area contributed by atoms with Gasteiger partial charge in [0.2, 0.25) is 11.8 Å². The number of rotatable bonds is 6. The van der Waals surface area contributed by atoms with Gasteiger partial charge in [-0.2, -0.15) is 4.98 Å². The Kier molecular flexibility index (Phi) is 6.59. The van der Waals surface area contributed by atoms with E-state index in [4.69, 9.17) is 16.1 Å². The van der Waals surface area contributed by atoms with Crippen molar-refractivity contribution in [2.75, 3.05) is 5.32 Å². The number of benzene rings is 1. The molecule has 2 rings (SSSR count). The van der Waals surface area contributed by atoms with Gasteiger partial charge in [0.1, 0.15) is 0 Å². The number of nitrogens with one attached hydrogen (secondary N) is 2. The van der Waals surface area contributed by atoms with Crippen molar-refractivity contribution in [2.24, 2.45) is 0 Å². The van der Waals surface area contributed by atoms with E-state index >= 15 is 0 Å². The highest BCUT2D eigenvalue weighted by Crippen LogP contribution is 2.22. The van der Waals surface area contributed by atoms with Crippen molar-refractivity contribution in [1.82, 2.24) is 15.5 Å². The Morgan fingerprint density at radius 2 is 1.96 bits per heavy atom. The number of aromatic nitrogens is 2. The summed E-state index contributed by atoms with van der Waals surface area (Å²) in [6, 6.07) is 4.73. The maximum Gasteiger partial charge on any atom is 0.253 e. The lowest BCUT2D eigenvalue weighted by Gasteiger charge is -2.13. The second-order valence-corrected chi connectivity index (χ2v) is 8.06. The lowest BCUT2D eigenvalue weighted by atomic mass is 9.96. The zero-order valence-electron chi connectivity index (χ0n) is 16.2. The summed E-state index contributed by atoms with van der Waals surface area (Å²) in [7, 11) is 0. The largest absolute Gasteiger partial charge is 0.350 e. The van der Waals surface area contributed by atoms with E-state index in [-0.39, 0.29) is 29.7 Å². The Hall–Kier alpha value is -2.41. The Morgan fingerprint density at radius 1 is 1.26 bits per heavy atom. The molecule has 0 aliphatic heterocycles. The molecule has 0 atom stereocenters. The molecule has 0 bridgehead atoms. The van der Waals surface area contributed by atoms with Crippen molar-refractivity contribution in [3.8, 4) is 0 Å². The number of anilines is 1. The molecule has 8 heteroatoms. The van der Waals surface area contributed by atoms with Gasteiger partial charge in [-0.05, 0) is 32.0 Å². The van der Waals surface area contributed by atoms with Gasteiger partial charge in [-0.15, -0.1) is 0 Å². The van der Waals surface area contributed by atoms with Crippen LogP contribution < -0.4 is 10.6 Å². The topological polar surface area (TPSA) is 97.1 Å². The number of hydrogen-bond donors (Lipinski definition) is 2. The summed E-state index contributed by atoms with van der Waals surface area (Å²) in [5.74, 6) is 0.453. The van der Waals surface area contributed by atoms with Crippen LogP contribution in [0.3, 0.4) is 0 Å². The molecule has 0 radical (unpaired) electrons. The zero-order chi connectivity index (χ0) is 20.2. The van der Waals surface area contributed by atoms with Gasteiger partial charge < -0.3 is 15.2 Å². The number of amides is 2. The van der Waals surface area contributed by atoms with Crippen LogP contribution in [0.15, 0.2) is 22.7 Å². The first-order valence-corrected chi connectivity index (χ1v) is 9.17. The molecule has 1 heterocycles. The average Bonchev–Trinajstić information content (AvgIpc) is 3.01. The molecule has 0 spiro atoms. The third kappa shape index (κ3) is 6.06. The molecule has 0 aliphatic rings. The molecular formula is C19H25ClN4O3. The van der Waals surface area contributed by atoms with Crippen molar-refractivity contribution in [3.05, 3.63) is 40.5 Å². The van der Waals surface area contributed by atoms with Crippen molar-refractivity contribution in [3.63, 3.8) is 0 Å². The lowest BCUT2D eigenvalue weighted by Crippen LogP contribution is -2.31. The van der Waals surface area contributed by atoms with E-state index < -0.39 is 0 Å². The third-order valence-electron chi connectivity index (χ3n) is 3.62. The first kappa shape index (κ1) is 20.9. The molecule has 1 aromatic carbocycles. The number of carbonyl (C=O) groups is 2. The molecule has 0 fully saturated rings. The normalized spacial score (nSPS) is 11.5. The number of nitrogens with zero attached hydrogens (tertiary/aromatic N) is 2. The summed E-state index contributed by atoms with van der Waals surface area (Å²) in [6.07, 6.45) is 0.451. The molecule has 2 N–H and O–H groups in total. The van der Waals surface area contributed by atoms with Crippen molar-refractivity contribution in [2.45, 2.75) is 58.9 Å². The van der Waals surface area contributed by atoms with E-state index in [1.165, 1.54) is 0 Å². The van der Waals surface area contributed by atoms with E-state index in [9.17, 15) is 9.59 Å². The minimum atomic E-state index is -0.274. The molecule has 0 aliphatic carbocycles. The molecule has 2 aromatic rings. The second kappa shape index (κ2) is 8.52. The van der Waals surface area contributed by atoms with E-state index in [1.807, 2.05) is 34.6 Å². The number of halogens is 1. The van der Waals surface area contributed by atoms with Crippen LogP contribution in [-0.4, -0.2) is 28.0 Å². The van der Waals surface area contributed by atoms with Crippen molar-refractivity contribution < 1.29 is 14.1 Å². The fourth-order valence-electron chi connectivity index (χ4n) is 2.25. The molecule has 0 unspecified atom stereocenters. The predicted molar refractivity (Wildman–Crippen MR) is 104 cm³/mol. The van der Waals surface area contributed by atoms with Gasteiger partial charge in [0, 0.05) is 29.3 Å². The molecule has 27 heavy (non-hydrogen) atoms. The van der Waals surface area contributed by atoms with Gasteiger partial charge in [-0.1, -0.05) is 37.5 Å². The van der Waals surface area contributed by atoms with Crippen molar-refractivity contribution >= 4 is 29.1 Å². The number of carbonyl (C=O) groups excluding carboxylic acids is 2. The molecule has 2 amide bonds. The SMILES string of the molecule is CC(C)NC(=O)c1ccc(Cl)cc1NC(=O)CCc1nc(C(C)(C)C)no1. The summed E-state index contributed by atoms with van der Waals surface area (Å²) in [5, 5.41) is 9.91. The fraction of sp³-hybridized carbons (Fsp3) is 0.474. The van der Waals surface area contributed by atoms with E-state index in [1.54, 1.807) is 18.2 Å². The van der Waals surface area contributed by atoms with Crippen LogP contribution in [0.25, 0.3) is 0 Å². The minimum absolute atomic E-state index is 0.0220. The van der Waals surface area contributed by atoms with E-state index in [0.29, 0.717) is 34.4 Å². The quantitative estimate of drug-likeness (QED) is 0.780. The summed E-state index contributed by atoms with van der Waals surface area (Å²) in [5.41, 5.74) is 0.504. The van der Waals surface area contributed by atoms with Crippen LogP contribution in [0.1, 0.15) is 63.1 Å². The predicted octanol–water partition coefficient (Wildman–Crippen LogP) is 3.73. The second-order valence-electron chi connectivity index (χ2n) is 7.63. The molecule has 0 saturated heterocycles. The molecular weight excluding hydrogens is 368 g/mol. The highest BCUT2D eigenvalue weighted by atomic mass is 35.5. The van der Waals surface area contributed by atoms with Crippen LogP contribution in [0, 0.1) is 0 Å². The Bertz CT molecular complexity index is 825. The van der Waals surface area contributed by atoms with Gasteiger partial charge >= 0.3 is 0 Å². The Balaban J connectivity index is 2.04. The third-order valence-corrected chi connectivity index (χ3v) is 3.86. The van der Waals surface area contributed by atoms with Gasteiger partial charge in [0.25, 0.3) is 5.91 Å². The first-order valence-electron chi connectivity index (χ1n) is 8.79. The minimum Gasteiger partial charge on any atom is -0.350 e. The molecule has 7 nitrogen and oxygen atoms in total. The summed E-state index contributed by atoms with van der Waals surface area (Å²) in [6.45, 7) is 9.68. The molecule has 146 valence electrons. The van der Waals surface area contributed by atoms with Crippen LogP contribution in [0.5, 0.6) is 0 Å².